The van der Waals surface area contributed by atoms with Crippen LogP contribution in [-0.2, 0) is 0 Å². The first-order chi connectivity index (χ1) is 7.38. The molecule has 88 valence electrons. The van der Waals surface area contributed by atoms with Crippen molar-refractivity contribution in [2.24, 2.45) is 0 Å². The van der Waals surface area contributed by atoms with Crippen molar-refractivity contribution in [3.05, 3.63) is 28.4 Å². The lowest BCUT2D eigenvalue weighted by Gasteiger charge is -2.34. The number of aliphatic hydroxyl groups excluding tert-OH is 1. The fraction of sp³-hybridized carbons (Fsp3) is 0.500. The van der Waals surface area contributed by atoms with Crippen LogP contribution in [0.1, 0.15) is 13.8 Å². The summed E-state index contributed by atoms with van der Waals surface area (Å²) in [5.41, 5.74) is 0.294. The number of likely N-dealkylation sites (N-methyl/N-ethyl adjacent to an activating group) is 1. The van der Waals surface area contributed by atoms with Gasteiger partial charge in [-0.1, -0.05) is 0 Å². The average molecular weight is 225 g/mol. The first-order valence-electron chi connectivity index (χ1n) is 4.83. The van der Waals surface area contributed by atoms with Crippen molar-refractivity contribution in [3.8, 4) is 0 Å². The molecule has 16 heavy (non-hydrogen) atoms. The van der Waals surface area contributed by atoms with E-state index in [1.807, 2.05) is 18.7 Å². The molecule has 0 saturated carbocycles. The standard InChI is InChI=1S/C10H15N3O3/c1-10(2,7-14)12(3)8-4-5-9(11-6-8)13(15)16/h4-6,14H,7H2,1-3H3. The molecule has 0 aliphatic carbocycles. The molecule has 0 amide bonds. The van der Waals surface area contributed by atoms with Crippen LogP contribution in [0.2, 0.25) is 0 Å². The number of aliphatic hydroxyl groups is 1. The summed E-state index contributed by atoms with van der Waals surface area (Å²) in [6, 6.07) is 2.96. The number of hydrogen-bond donors (Lipinski definition) is 1. The fourth-order valence-electron chi connectivity index (χ4n) is 1.14. The van der Waals surface area contributed by atoms with E-state index in [9.17, 15) is 15.2 Å². The molecule has 0 spiro atoms. The number of aromatic nitrogens is 1. The molecule has 1 aromatic rings. The normalized spacial score (nSPS) is 11.2. The van der Waals surface area contributed by atoms with Crippen molar-refractivity contribution in [2.75, 3.05) is 18.6 Å². The van der Waals surface area contributed by atoms with Gasteiger partial charge in [-0.25, -0.2) is 0 Å². The maximum atomic E-state index is 10.4. The van der Waals surface area contributed by atoms with Crippen LogP contribution in [-0.4, -0.2) is 34.2 Å². The molecule has 1 heterocycles. The molecule has 0 bridgehead atoms. The molecule has 0 aliphatic rings. The lowest BCUT2D eigenvalue weighted by Crippen LogP contribution is -2.44. The minimum atomic E-state index is -0.541. The summed E-state index contributed by atoms with van der Waals surface area (Å²) in [6.45, 7) is 3.73. The predicted molar refractivity (Wildman–Crippen MR) is 60.5 cm³/mol. The Bertz CT molecular complexity index is 375. The van der Waals surface area contributed by atoms with Gasteiger partial charge in [0.15, 0.2) is 6.20 Å². The summed E-state index contributed by atoms with van der Waals surface area (Å²) in [7, 11) is 1.80. The van der Waals surface area contributed by atoms with Gasteiger partial charge in [-0.3, -0.25) is 0 Å². The van der Waals surface area contributed by atoms with Gasteiger partial charge in [-0.05, 0) is 29.8 Å². The third-order valence-electron chi connectivity index (χ3n) is 2.60. The van der Waals surface area contributed by atoms with Crippen molar-refractivity contribution in [3.63, 3.8) is 0 Å². The van der Waals surface area contributed by atoms with Gasteiger partial charge >= 0.3 is 5.82 Å². The van der Waals surface area contributed by atoms with Crippen LogP contribution >= 0.6 is 0 Å². The van der Waals surface area contributed by atoms with E-state index in [1.54, 1.807) is 13.1 Å². The van der Waals surface area contributed by atoms with E-state index in [0.717, 1.165) is 5.69 Å². The highest BCUT2D eigenvalue weighted by atomic mass is 16.6. The number of pyridine rings is 1. The first kappa shape index (κ1) is 12.4. The van der Waals surface area contributed by atoms with E-state index in [0.29, 0.717) is 0 Å². The van der Waals surface area contributed by atoms with Crippen molar-refractivity contribution in [1.82, 2.24) is 4.98 Å². The zero-order valence-electron chi connectivity index (χ0n) is 9.54. The van der Waals surface area contributed by atoms with Gasteiger partial charge in [-0.2, -0.15) is 0 Å². The molecule has 1 aromatic heterocycles. The molecule has 0 fully saturated rings. The Kier molecular flexibility index (Phi) is 3.44. The summed E-state index contributed by atoms with van der Waals surface area (Å²) in [6.07, 6.45) is 1.43. The lowest BCUT2D eigenvalue weighted by molar-refractivity contribution is -0.389. The Hall–Kier alpha value is -1.69. The number of hydrogen-bond acceptors (Lipinski definition) is 5. The molecule has 1 N–H and O–H groups in total. The van der Waals surface area contributed by atoms with Crippen LogP contribution in [0.5, 0.6) is 0 Å². The average Bonchev–Trinajstić information content (AvgIpc) is 2.28. The molecule has 0 atom stereocenters. The summed E-state index contributed by atoms with van der Waals surface area (Å²) < 4.78 is 0. The van der Waals surface area contributed by atoms with Crippen molar-refractivity contribution < 1.29 is 10.0 Å². The van der Waals surface area contributed by atoms with Gasteiger partial charge in [0.25, 0.3) is 0 Å². The molecule has 0 radical (unpaired) electrons. The summed E-state index contributed by atoms with van der Waals surface area (Å²) in [5, 5.41) is 19.6. The van der Waals surface area contributed by atoms with Crippen LogP contribution in [0.4, 0.5) is 11.5 Å². The van der Waals surface area contributed by atoms with E-state index in [1.165, 1.54) is 12.3 Å². The molecule has 0 aromatic carbocycles. The third-order valence-corrected chi connectivity index (χ3v) is 2.60. The third kappa shape index (κ3) is 2.46. The summed E-state index contributed by atoms with van der Waals surface area (Å²) in [4.78, 5) is 15.4. The van der Waals surface area contributed by atoms with E-state index in [4.69, 9.17) is 0 Å². The van der Waals surface area contributed by atoms with Crippen LogP contribution in [0.25, 0.3) is 0 Å². The second kappa shape index (κ2) is 4.44. The van der Waals surface area contributed by atoms with E-state index >= 15 is 0 Å². The number of rotatable bonds is 4. The van der Waals surface area contributed by atoms with Gasteiger partial charge in [0.05, 0.1) is 17.8 Å². The van der Waals surface area contributed by atoms with Crippen LogP contribution in [0.15, 0.2) is 18.3 Å². The van der Waals surface area contributed by atoms with E-state index < -0.39 is 10.5 Å². The van der Waals surface area contributed by atoms with Crippen molar-refractivity contribution >= 4 is 11.5 Å². The van der Waals surface area contributed by atoms with Crippen LogP contribution in [0.3, 0.4) is 0 Å². The second-order valence-electron chi connectivity index (χ2n) is 4.16. The Morgan fingerprint density at radius 2 is 2.19 bits per heavy atom. The monoisotopic (exact) mass is 225 g/mol. The van der Waals surface area contributed by atoms with Crippen LogP contribution < -0.4 is 4.90 Å². The maximum Gasteiger partial charge on any atom is 0.363 e. The topological polar surface area (TPSA) is 79.5 Å². The lowest BCUT2D eigenvalue weighted by atomic mass is 10.0. The highest BCUT2D eigenvalue weighted by Gasteiger charge is 2.24. The molecule has 6 nitrogen and oxygen atoms in total. The van der Waals surface area contributed by atoms with Gasteiger partial charge in [0.1, 0.15) is 0 Å². The second-order valence-corrected chi connectivity index (χ2v) is 4.16. The zero-order valence-corrected chi connectivity index (χ0v) is 9.54. The minimum absolute atomic E-state index is 0.0134. The maximum absolute atomic E-state index is 10.4. The van der Waals surface area contributed by atoms with Crippen molar-refractivity contribution in [2.45, 2.75) is 19.4 Å². The molecular formula is C10H15N3O3. The quantitative estimate of drug-likeness (QED) is 0.615. The van der Waals surface area contributed by atoms with Gasteiger partial charge < -0.3 is 20.1 Å². The number of nitro groups is 1. The molecule has 6 heteroatoms. The fourth-order valence-corrected chi connectivity index (χ4v) is 1.14. The number of nitrogens with zero attached hydrogens (tertiary/aromatic N) is 3. The minimum Gasteiger partial charge on any atom is -0.394 e. The predicted octanol–water partition coefficient (Wildman–Crippen LogP) is 1.20. The summed E-state index contributed by atoms with van der Waals surface area (Å²) >= 11 is 0. The van der Waals surface area contributed by atoms with Gasteiger partial charge in [0, 0.05) is 13.1 Å². The Balaban J connectivity index is 2.94. The largest absolute Gasteiger partial charge is 0.394 e. The number of anilines is 1. The Morgan fingerprint density at radius 3 is 2.56 bits per heavy atom. The van der Waals surface area contributed by atoms with E-state index in [-0.39, 0.29) is 12.4 Å². The smallest absolute Gasteiger partial charge is 0.363 e. The molecular weight excluding hydrogens is 210 g/mol. The SMILES string of the molecule is CN(c1ccc([N+](=O)[O-])nc1)C(C)(C)CO. The Labute approximate surface area is 93.7 Å². The van der Waals surface area contributed by atoms with E-state index in [2.05, 4.69) is 4.98 Å². The van der Waals surface area contributed by atoms with Gasteiger partial charge in [0.2, 0.25) is 0 Å². The van der Waals surface area contributed by atoms with Crippen LogP contribution in [0, 0.1) is 10.1 Å². The highest BCUT2D eigenvalue weighted by molar-refractivity contribution is 5.48. The summed E-state index contributed by atoms with van der Waals surface area (Å²) in [5.74, 6) is -0.182. The zero-order chi connectivity index (χ0) is 12.3. The Morgan fingerprint density at radius 1 is 1.56 bits per heavy atom. The van der Waals surface area contributed by atoms with Crippen molar-refractivity contribution in [1.29, 1.82) is 0 Å². The molecule has 0 aliphatic heterocycles. The molecule has 0 unspecified atom stereocenters. The van der Waals surface area contributed by atoms with Gasteiger partial charge in [-0.15, -0.1) is 0 Å². The first-order valence-corrected chi connectivity index (χ1v) is 4.83. The highest BCUT2D eigenvalue weighted by Crippen LogP contribution is 2.22. The molecule has 0 saturated heterocycles. The molecule has 1 rings (SSSR count).